The van der Waals surface area contributed by atoms with Crippen LogP contribution in [0.15, 0.2) is 0 Å². The Kier molecular flexibility index (Phi) is 9.55. The van der Waals surface area contributed by atoms with Crippen LogP contribution < -0.4 is 0 Å². The first-order chi connectivity index (χ1) is 13.3. The average molecular weight is 396 g/mol. The van der Waals surface area contributed by atoms with Crippen molar-refractivity contribution in [2.24, 2.45) is 5.92 Å². The van der Waals surface area contributed by atoms with Crippen LogP contribution in [0.5, 0.6) is 0 Å². The van der Waals surface area contributed by atoms with Crippen molar-refractivity contribution < 1.29 is 9.53 Å². The molecular weight excluding hydrogens is 350 g/mol. The highest BCUT2D eigenvalue weighted by Crippen LogP contribution is 2.30. The van der Waals surface area contributed by atoms with Crippen LogP contribution in [0.3, 0.4) is 0 Å². The second kappa shape index (κ2) is 11.4. The fourth-order valence-electron chi connectivity index (χ4n) is 4.84. The van der Waals surface area contributed by atoms with Gasteiger partial charge in [0, 0.05) is 38.8 Å². The first-order valence-electron chi connectivity index (χ1n) is 11.8. The van der Waals surface area contributed by atoms with Gasteiger partial charge >= 0.3 is 6.09 Å². The largest absolute Gasteiger partial charge is 0.444 e. The van der Waals surface area contributed by atoms with Crippen LogP contribution in [-0.4, -0.2) is 78.2 Å². The maximum Gasteiger partial charge on any atom is 0.410 e. The average Bonchev–Trinajstić information content (AvgIpc) is 2.66. The number of carbonyl (C=O) groups excluding carboxylic acids is 1. The molecule has 1 unspecified atom stereocenters. The van der Waals surface area contributed by atoms with Gasteiger partial charge in [0.1, 0.15) is 5.60 Å². The predicted molar refractivity (Wildman–Crippen MR) is 117 cm³/mol. The van der Waals surface area contributed by atoms with Crippen molar-refractivity contribution in [2.45, 2.75) is 91.2 Å². The molecule has 2 aliphatic rings. The molecule has 1 aliphatic carbocycles. The number of rotatable bonds is 8. The molecule has 1 aliphatic heterocycles. The molecule has 1 saturated heterocycles. The third-order valence-corrected chi connectivity index (χ3v) is 6.15. The van der Waals surface area contributed by atoms with Crippen molar-refractivity contribution in [3.8, 4) is 0 Å². The minimum absolute atomic E-state index is 0.153. The van der Waals surface area contributed by atoms with Crippen molar-refractivity contribution in [2.75, 3.05) is 45.8 Å². The number of ether oxygens (including phenoxy) is 1. The van der Waals surface area contributed by atoms with Gasteiger partial charge in [-0.25, -0.2) is 4.79 Å². The first kappa shape index (κ1) is 23.5. The summed E-state index contributed by atoms with van der Waals surface area (Å²) in [6.07, 6.45) is 9.24. The van der Waals surface area contributed by atoms with Crippen molar-refractivity contribution in [3.63, 3.8) is 0 Å². The summed E-state index contributed by atoms with van der Waals surface area (Å²) in [6, 6.07) is 0.638. The van der Waals surface area contributed by atoms with Crippen LogP contribution in [-0.2, 0) is 4.74 Å². The van der Waals surface area contributed by atoms with E-state index >= 15 is 0 Å². The lowest BCUT2D eigenvalue weighted by Gasteiger charge is -2.45. The molecular formula is C23H45N3O2. The van der Waals surface area contributed by atoms with Gasteiger partial charge in [-0.1, -0.05) is 33.1 Å². The molecule has 0 aromatic carbocycles. The van der Waals surface area contributed by atoms with Crippen molar-refractivity contribution in [1.29, 1.82) is 0 Å². The number of hydrogen-bond acceptors (Lipinski definition) is 4. The molecule has 0 radical (unpaired) electrons. The fourth-order valence-corrected chi connectivity index (χ4v) is 4.84. The molecule has 0 aromatic heterocycles. The highest BCUT2D eigenvalue weighted by molar-refractivity contribution is 5.68. The van der Waals surface area contributed by atoms with E-state index in [2.05, 4.69) is 23.6 Å². The number of piperazine rings is 1. The Morgan fingerprint density at radius 1 is 1.00 bits per heavy atom. The Labute approximate surface area is 173 Å². The highest BCUT2D eigenvalue weighted by atomic mass is 16.6. The standard InChI is InChI=1S/C23H45N3O2/c1-6-13-24(14-7-2)19-21(20-11-9-8-10-12-20)25-15-17-26(18-16-25)22(27)28-23(3,4)5/h20-21H,6-19H2,1-5H3. The molecule has 1 atom stereocenters. The molecule has 1 amide bonds. The molecule has 0 bridgehead atoms. The smallest absolute Gasteiger partial charge is 0.410 e. The van der Waals surface area contributed by atoms with E-state index in [-0.39, 0.29) is 6.09 Å². The number of carbonyl (C=O) groups is 1. The molecule has 0 N–H and O–H groups in total. The Morgan fingerprint density at radius 3 is 2.07 bits per heavy atom. The summed E-state index contributed by atoms with van der Waals surface area (Å²) in [5, 5.41) is 0. The van der Waals surface area contributed by atoms with Gasteiger partial charge in [-0.05, 0) is 65.5 Å². The van der Waals surface area contributed by atoms with Crippen LogP contribution in [0.4, 0.5) is 4.79 Å². The quantitative estimate of drug-likeness (QED) is 0.601. The predicted octanol–water partition coefficient (Wildman–Crippen LogP) is 4.61. The lowest BCUT2D eigenvalue weighted by atomic mass is 9.82. The molecule has 5 nitrogen and oxygen atoms in total. The third kappa shape index (κ3) is 7.55. The zero-order chi connectivity index (χ0) is 20.6. The van der Waals surface area contributed by atoms with Crippen molar-refractivity contribution in [1.82, 2.24) is 14.7 Å². The maximum absolute atomic E-state index is 12.4. The molecule has 2 fully saturated rings. The molecule has 164 valence electrons. The van der Waals surface area contributed by atoms with E-state index in [4.69, 9.17) is 4.74 Å². The molecule has 0 spiro atoms. The SMILES string of the molecule is CCCN(CCC)CC(C1CCCCC1)N1CCN(C(=O)OC(C)(C)C)CC1. The number of hydrogen-bond donors (Lipinski definition) is 0. The van der Waals surface area contributed by atoms with E-state index in [1.807, 2.05) is 25.7 Å². The Bertz CT molecular complexity index is 443. The lowest BCUT2D eigenvalue weighted by molar-refractivity contribution is 0.000333. The third-order valence-electron chi connectivity index (χ3n) is 6.15. The Hall–Kier alpha value is -0.810. The minimum Gasteiger partial charge on any atom is -0.444 e. The van der Waals surface area contributed by atoms with Gasteiger partial charge in [0.05, 0.1) is 0 Å². The van der Waals surface area contributed by atoms with Gasteiger partial charge in [0.25, 0.3) is 0 Å². The van der Waals surface area contributed by atoms with Crippen LogP contribution >= 0.6 is 0 Å². The van der Waals surface area contributed by atoms with Crippen LogP contribution in [0.1, 0.15) is 79.6 Å². The molecule has 28 heavy (non-hydrogen) atoms. The van der Waals surface area contributed by atoms with Crippen LogP contribution in [0.25, 0.3) is 0 Å². The van der Waals surface area contributed by atoms with Gasteiger partial charge < -0.3 is 14.5 Å². The second-order valence-corrected chi connectivity index (χ2v) is 9.77. The monoisotopic (exact) mass is 395 g/mol. The molecule has 0 aromatic rings. The molecule has 5 heteroatoms. The van der Waals surface area contributed by atoms with Crippen LogP contribution in [0, 0.1) is 5.92 Å². The van der Waals surface area contributed by atoms with Crippen molar-refractivity contribution in [3.05, 3.63) is 0 Å². The topological polar surface area (TPSA) is 36.0 Å². The lowest BCUT2D eigenvalue weighted by Crippen LogP contribution is -2.57. The van der Waals surface area contributed by atoms with Crippen molar-refractivity contribution >= 4 is 6.09 Å². The zero-order valence-corrected chi connectivity index (χ0v) is 19.2. The summed E-state index contributed by atoms with van der Waals surface area (Å²) >= 11 is 0. The second-order valence-electron chi connectivity index (χ2n) is 9.77. The summed E-state index contributed by atoms with van der Waals surface area (Å²) in [4.78, 5) is 19.7. The minimum atomic E-state index is -0.417. The maximum atomic E-state index is 12.4. The fraction of sp³-hybridized carbons (Fsp3) is 0.957. The summed E-state index contributed by atoms with van der Waals surface area (Å²) in [5.41, 5.74) is -0.417. The summed E-state index contributed by atoms with van der Waals surface area (Å²) in [5.74, 6) is 0.818. The molecule has 2 rings (SSSR count). The van der Waals surface area contributed by atoms with Gasteiger partial charge in [-0.2, -0.15) is 0 Å². The first-order valence-corrected chi connectivity index (χ1v) is 11.8. The summed E-state index contributed by atoms with van der Waals surface area (Å²) in [6.45, 7) is 17.5. The van der Waals surface area contributed by atoms with Gasteiger partial charge in [0.2, 0.25) is 0 Å². The van der Waals surface area contributed by atoms with Gasteiger partial charge in [0.15, 0.2) is 0 Å². The van der Waals surface area contributed by atoms with Gasteiger partial charge in [-0.3, -0.25) is 4.90 Å². The molecule has 1 saturated carbocycles. The number of amides is 1. The van der Waals surface area contributed by atoms with E-state index in [0.717, 1.165) is 32.1 Å². The molecule has 1 heterocycles. The van der Waals surface area contributed by atoms with E-state index in [1.54, 1.807) is 0 Å². The van der Waals surface area contributed by atoms with E-state index in [9.17, 15) is 4.79 Å². The normalized spacial score (nSPS) is 21.1. The number of nitrogens with zero attached hydrogens (tertiary/aromatic N) is 3. The Morgan fingerprint density at radius 2 is 1.57 bits per heavy atom. The van der Waals surface area contributed by atoms with E-state index in [0.29, 0.717) is 6.04 Å². The summed E-state index contributed by atoms with van der Waals surface area (Å²) in [7, 11) is 0. The van der Waals surface area contributed by atoms with Crippen LogP contribution in [0.2, 0.25) is 0 Å². The Balaban J connectivity index is 1.98. The highest BCUT2D eigenvalue weighted by Gasteiger charge is 2.34. The summed E-state index contributed by atoms with van der Waals surface area (Å²) < 4.78 is 5.58. The van der Waals surface area contributed by atoms with Gasteiger partial charge in [-0.15, -0.1) is 0 Å². The van der Waals surface area contributed by atoms with E-state index < -0.39 is 5.60 Å². The van der Waals surface area contributed by atoms with E-state index in [1.165, 1.54) is 64.6 Å². The zero-order valence-electron chi connectivity index (χ0n) is 19.2.